The molecule has 0 saturated carbocycles. The Balaban J connectivity index is 2.52. The lowest BCUT2D eigenvalue weighted by atomic mass is 10.2. The second-order valence-corrected chi connectivity index (χ2v) is 4.84. The van der Waals surface area contributed by atoms with Crippen molar-refractivity contribution in [3.8, 4) is 5.75 Å². The van der Waals surface area contributed by atoms with Gasteiger partial charge in [0.2, 0.25) is 0 Å². The highest BCUT2D eigenvalue weighted by molar-refractivity contribution is 5.32. The zero-order chi connectivity index (χ0) is 15.2. The van der Waals surface area contributed by atoms with Gasteiger partial charge in [0.25, 0.3) is 0 Å². The van der Waals surface area contributed by atoms with Crippen molar-refractivity contribution in [1.82, 2.24) is 4.90 Å². The summed E-state index contributed by atoms with van der Waals surface area (Å²) in [6, 6.07) is 7.07. The Bertz CT molecular complexity index is 408. The minimum absolute atomic E-state index is 0.190. The van der Waals surface area contributed by atoms with Gasteiger partial charge in [0.15, 0.2) is 0 Å². The Morgan fingerprint density at radius 3 is 2.45 bits per heavy atom. The number of hydrogen-bond donors (Lipinski definition) is 1. The first kappa shape index (κ1) is 16.8. The van der Waals surface area contributed by atoms with Crippen LogP contribution in [0.5, 0.6) is 5.75 Å². The van der Waals surface area contributed by atoms with Crippen molar-refractivity contribution in [2.24, 2.45) is 5.73 Å². The maximum atomic E-state index is 12.4. The third kappa shape index (κ3) is 5.79. The van der Waals surface area contributed by atoms with E-state index in [1.807, 2.05) is 18.2 Å². The van der Waals surface area contributed by atoms with E-state index in [0.717, 1.165) is 5.56 Å². The smallest absolute Gasteiger partial charge is 0.401 e. The molecule has 6 heteroatoms. The number of hydrogen-bond acceptors (Lipinski definition) is 3. The van der Waals surface area contributed by atoms with E-state index < -0.39 is 12.7 Å². The molecule has 0 radical (unpaired) electrons. The number of nitrogens with zero attached hydrogens (tertiary/aromatic N) is 1. The molecule has 0 fully saturated rings. The first-order valence-corrected chi connectivity index (χ1v) is 6.55. The van der Waals surface area contributed by atoms with Crippen LogP contribution in [-0.4, -0.2) is 36.8 Å². The predicted molar refractivity (Wildman–Crippen MR) is 72.6 cm³/mol. The number of ether oxygens (including phenoxy) is 1. The van der Waals surface area contributed by atoms with Crippen LogP contribution in [0.4, 0.5) is 13.2 Å². The SMILES string of the molecule is CC(C)N(CCOc1ccccc1CN)CC(F)(F)F. The summed E-state index contributed by atoms with van der Waals surface area (Å²) in [7, 11) is 0. The van der Waals surface area contributed by atoms with E-state index in [-0.39, 0.29) is 19.2 Å². The summed E-state index contributed by atoms with van der Waals surface area (Å²) in [4.78, 5) is 1.34. The standard InChI is InChI=1S/C14H21F3N2O/c1-11(2)19(10-14(15,16)17)7-8-20-13-6-4-3-5-12(13)9-18/h3-6,11H,7-10,18H2,1-2H3. The van der Waals surface area contributed by atoms with Crippen LogP contribution in [0.25, 0.3) is 0 Å². The van der Waals surface area contributed by atoms with Crippen molar-refractivity contribution in [3.63, 3.8) is 0 Å². The van der Waals surface area contributed by atoms with Crippen LogP contribution < -0.4 is 10.5 Å². The molecule has 0 unspecified atom stereocenters. The quantitative estimate of drug-likeness (QED) is 0.839. The molecular formula is C14H21F3N2O. The van der Waals surface area contributed by atoms with E-state index in [2.05, 4.69) is 0 Å². The highest BCUT2D eigenvalue weighted by Gasteiger charge is 2.31. The van der Waals surface area contributed by atoms with Gasteiger partial charge in [-0.25, -0.2) is 0 Å². The summed E-state index contributed by atoms with van der Waals surface area (Å²) in [5, 5.41) is 0. The lowest BCUT2D eigenvalue weighted by molar-refractivity contribution is -0.150. The topological polar surface area (TPSA) is 38.5 Å². The summed E-state index contributed by atoms with van der Waals surface area (Å²) >= 11 is 0. The maximum Gasteiger partial charge on any atom is 0.401 e. The summed E-state index contributed by atoms with van der Waals surface area (Å²) in [6.45, 7) is 3.31. The molecule has 0 aliphatic rings. The second kappa shape index (κ2) is 7.50. The lowest BCUT2D eigenvalue weighted by Gasteiger charge is -2.27. The van der Waals surface area contributed by atoms with E-state index in [4.69, 9.17) is 10.5 Å². The molecule has 114 valence electrons. The van der Waals surface area contributed by atoms with Gasteiger partial charge in [-0.15, -0.1) is 0 Å². The summed E-state index contributed by atoms with van der Waals surface area (Å²) in [5.41, 5.74) is 6.42. The van der Waals surface area contributed by atoms with Crippen molar-refractivity contribution in [2.45, 2.75) is 32.6 Å². The Morgan fingerprint density at radius 1 is 1.25 bits per heavy atom. The predicted octanol–water partition coefficient (Wildman–Crippen LogP) is 2.80. The van der Waals surface area contributed by atoms with Crippen LogP contribution in [0.2, 0.25) is 0 Å². The van der Waals surface area contributed by atoms with E-state index >= 15 is 0 Å². The maximum absolute atomic E-state index is 12.4. The molecule has 2 N–H and O–H groups in total. The van der Waals surface area contributed by atoms with Crippen LogP contribution in [0.3, 0.4) is 0 Å². The van der Waals surface area contributed by atoms with Gasteiger partial charge in [-0.05, 0) is 19.9 Å². The second-order valence-electron chi connectivity index (χ2n) is 4.84. The van der Waals surface area contributed by atoms with Crippen LogP contribution in [0.1, 0.15) is 19.4 Å². The fourth-order valence-electron chi connectivity index (χ4n) is 1.84. The Morgan fingerprint density at radius 2 is 1.90 bits per heavy atom. The average molecular weight is 290 g/mol. The average Bonchev–Trinajstić information content (AvgIpc) is 2.36. The molecule has 0 spiro atoms. The van der Waals surface area contributed by atoms with Gasteiger partial charge in [-0.2, -0.15) is 13.2 Å². The van der Waals surface area contributed by atoms with E-state index in [1.54, 1.807) is 19.9 Å². The molecule has 0 bridgehead atoms. The molecule has 20 heavy (non-hydrogen) atoms. The van der Waals surface area contributed by atoms with Gasteiger partial charge in [0.1, 0.15) is 12.4 Å². The number of halogens is 3. The van der Waals surface area contributed by atoms with Gasteiger partial charge < -0.3 is 10.5 Å². The number of alkyl halides is 3. The molecular weight excluding hydrogens is 269 g/mol. The molecule has 0 heterocycles. The molecule has 0 atom stereocenters. The zero-order valence-electron chi connectivity index (χ0n) is 11.8. The zero-order valence-corrected chi connectivity index (χ0v) is 11.8. The summed E-state index contributed by atoms with van der Waals surface area (Å²) in [5.74, 6) is 0.630. The molecule has 1 aromatic rings. The van der Waals surface area contributed by atoms with Crippen LogP contribution >= 0.6 is 0 Å². The van der Waals surface area contributed by atoms with Crippen molar-refractivity contribution < 1.29 is 17.9 Å². The van der Waals surface area contributed by atoms with Gasteiger partial charge in [0, 0.05) is 24.7 Å². The number of benzene rings is 1. The lowest BCUT2D eigenvalue weighted by Crippen LogP contribution is -2.41. The Kier molecular flexibility index (Phi) is 6.29. The number of nitrogens with two attached hydrogens (primary N) is 1. The largest absolute Gasteiger partial charge is 0.492 e. The summed E-state index contributed by atoms with van der Waals surface area (Å²) in [6.07, 6.45) is -4.20. The van der Waals surface area contributed by atoms with Gasteiger partial charge in [0.05, 0.1) is 6.54 Å². The van der Waals surface area contributed by atoms with Crippen molar-refractivity contribution in [1.29, 1.82) is 0 Å². The highest BCUT2D eigenvalue weighted by atomic mass is 19.4. The van der Waals surface area contributed by atoms with Crippen LogP contribution in [0, 0.1) is 0 Å². The third-order valence-electron chi connectivity index (χ3n) is 2.94. The van der Waals surface area contributed by atoms with Gasteiger partial charge in [-0.3, -0.25) is 4.90 Å². The number of rotatable bonds is 7. The molecule has 1 rings (SSSR count). The molecule has 3 nitrogen and oxygen atoms in total. The molecule has 1 aromatic carbocycles. The van der Waals surface area contributed by atoms with Crippen molar-refractivity contribution in [2.75, 3.05) is 19.7 Å². The van der Waals surface area contributed by atoms with Gasteiger partial charge >= 0.3 is 6.18 Å². The number of para-hydroxylation sites is 1. The first-order valence-electron chi connectivity index (χ1n) is 6.55. The van der Waals surface area contributed by atoms with E-state index in [9.17, 15) is 13.2 Å². The third-order valence-corrected chi connectivity index (χ3v) is 2.94. The van der Waals surface area contributed by atoms with Crippen molar-refractivity contribution >= 4 is 0 Å². The van der Waals surface area contributed by atoms with Crippen LogP contribution in [0.15, 0.2) is 24.3 Å². The van der Waals surface area contributed by atoms with E-state index in [1.165, 1.54) is 4.90 Å². The first-order chi connectivity index (χ1) is 9.33. The monoisotopic (exact) mass is 290 g/mol. The normalized spacial score (nSPS) is 12.2. The summed E-state index contributed by atoms with van der Waals surface area (Å²) < 4.78 is 42.8. The molecule has 0 aromatic heterocycles. The highest BCUT2D eigenvalue weighted by Crippen LogP contribution is 2.19. The fraction of sp³-hybridized carbons (Fsp3) is 0.571. The Labute approximate surface area is 117 Å². The van der Waals surface area contributed by atoms with Gasteiger partial charge in [-0.1, -0.05) is 18.2 Å². The minimum atomic E-state index is -4.20. The molecule has 0 amide bonds. The van der Waals surface area contributed by atoms with E-state index in [0.29, 0.717) is 12.3 Å². The molecule has 0 aliphatic carbocycles. The van der Waals surface area contributed by atoms with Crippen LogP contribution in [-0.2, 0) is 6.54 Å². The van der Waals surface area contributed by atoms with Crippen molar-refractivity contribution in [3.05, 3.63) is 29.8 Å². The minimum Gasteiger partial charge on any atom is -0.492 e. The molecule has 0 aliphatic heterocycles. The fourth-order valence-corrected chi connectivity index (χ4v) is 1.84. The Hall–Kier alpha value is -1.27. The molecule has 0 saturated heterocycles.